The molecule has 1 aliphatic rings. The van der Waals surface area contributed by atoms with E-state index in [4.69, 9.17) is 9.47 Å². The fraction of sp³-hybridized carbons (Fsp3) is 0.579. The second-order valence-corrected chi connectivity index (χ2v) is 9.09. The highest BCUT2D eigenvalue weighted by Crippen LogP contribution is 2.31. The molecule has 0 bridgehead atoms. The first-order valence-corrected chi connectivity index (χ1v) is 10.7. The highest BCUT2D eigenvalue weighted by atomic mass is 32.2. The Labute approximate surface area is 166 Å². The second-order valence-electron chi connectivity index (χ2n) is 6.97. The van der Waals surface area contributed by atoms with Gasteiger partial charge in [-0.1, -0.05) is 19.3 Å². The number of rotatable bonds is 7. The number of carbonyl (C=O) groups excluding carboxylic acids is 2. The quantitative estimate of drug-likeness (QED) is 0.687. The SMILES string of the molecule is CCOC(=O)C1(NC(=O)c2ccc(OC)c(S(=O)(=O)N(C)C)c2)CCCCC1. The van der Waals surface area contributed by atoms with Crippen molar-refractivity contribution in [2.45, 2.75) is 49.5 Å². The molecule has 28 heavy (non-hydrogen) atoms. The number of sulfonamides is 1. The number of hydrogen-bond donors (Lipinski definition) is 1. The minimum absolute atomic E-state index is 0.110. The van der Waals surface area contributed by atoms with Gasteiger partial charge in [-0.15, -0.1) is 0 Å². The van der Waals surface area contributed by atoms with Gasteiger partial charge in [0, 0.05) is 19.7 Å². The van der Waals surface area contributed by atoms with E-state index in [0.29, 0.717) is 12.8 Å². The Morgan fingerprint density at radius 3 is 2.36 bits per heavy atom. The van der Waals surface area contributed by atoms with E-state index in [2.05, 4.69) is 5.32 Å². The molecule has 0 aliphatic heterocycles. The molecule has 1 aromatic rings. The number of ether oxygens (including phenoxy) is 2. The van der Waals surface area contributed by atoms with Crippen molar-refractivity contribution in [3.63, 3.8) is 0 Å². The van der Waals surface area contributed by atoms with Gasteiger partial charge in [0.05, 0.1) is 13.7 Å². The molecule has 1 aliphatic carbocycles. The monoisotopic (exact) mass is 412 g/mol. The zero-order valence-electron chi connectivity index (χ0n) is 16.8. The first-order chi connectivity index (χ1) is 13.2. The van der Waals surface area contributed by atoms with Crippen LogP contribution in [0.3, 0.4) is 0 Å². The Morgan fingerprint density at radius 1 is 1.18 bits per heavy atom. The van der Waals surface area contributed by atoms with Crippen LogP contribution in [0.1, 0.15) is 49.4 Å². The van der Waals surface area contributed by atoms with Crippen molar-refractivity contribution in [3.05, 3.63) is 23.8 Å². The van der Waals surface area contributed by atoms with Crippen molar-refractivity contribution >= 4 is 21.9 Å². The van der Waals surface area contributed by atoms with Crippen LogP contribution in [0, 0.1) is 0 Å². The van der Waals surface area contributed by atoms with Crippen LogP contribution in [0.5, 0.6) is 5.75 Å². The molecule has 0 saturated heterocycles. The van der Waals surface area contributed by atoms with E-state index in [1.165, 1.54) is 39.4 Å². The van der Waals surface area contributed by atoms with Gasteiger partial charge in [0.15, 0.2) is 0 Å². The summed E-state index contributed by atoms with van der Waals surface area (Å²) in [5, 5.41) is 2.82. The summed E-state index contributed by atoms with van der Waals surface area (Å²) in [4.78, 5) is 25.3. The van der Waals surface area contributed by atoms with E-state index in [1.807, 2.05) is 0 Å². The van der Waals surface area contributed by atoms with E-state index in [0.717, 1.165) is 23.6 Å². The number of hydrogen-bond acceptors (Lipinski definition) is 6. The Hall–Kier alpha value is -2.13. The summed E-state index contributed by atoms with van der Waals surface area (Å²) < 4.78 is 36.5. The molecule has 1 aromatic carbocycles. The van der Waals surface area contributed by atoms with Gasteiger partial charge in [0.25, 0.3) is 5.91 Å². The summed E-state index contributed by atoms with van der Waals surface area (Å²) in [7, 11) is 0.355. The summed E-state index contributed by atoms with van der Waals surface area (Å²) in [5.74, 6) is -0.825. The van der Waals surface area contributed by atoms with Crippen LogP contribution in [0.4, 0.5) is 0 Å². The summed E-state index contributed by atoms with van der Waals surface area (Å²) in [6, 6.07) is 4.18. The zero-order valence-corrected chi connectivity index (χ0v) is 17.6. The van der Waals surface area contributed by atoms with Crippen LogP contribution < -0.4 is 10.1 Å². The zero-order chi connectivity index (χ0) is 20.9. The third kappa shape index (κ3) is 4.47. The largest absolute Gasteiger partial charge is 0.495 e. The van der Waals surface area contributed by atoms with Crippen LogP contribution >= 0.6 is 0 Å². The molecular formula is C19H28N2O6S. The van der Waals surface area contributed by atoms with Crippen LogP contribution in [0.25, 0.3) is 0 Å². The van der Waals surface area contributed by atoms with E-state index < -0.39 is 27.4 Å². The predicted molar refractivity (Wildman–Crippen MR) is 104 cm³/mol. The third-order valence-electron chi connectivity index (χ3n) is 4.91. The maximum Gasteiger partial charge on any atom is 0.331 e. The second kappa shape index (κ2) is 8.91. The Morgan fingerprint density at radius 2 is 1.82 bits per heavy atom. The smallest absolute Gasteiger partial charge is 0.331 e. The van der Waals surface area contributed by atoms with E-state index in [-0.39, 0.29) is 22.8 Å². The molecule has 1 saturated carbocycles. The van der Waals surface area contributed by atoms with Gasteiger partial charge in [-0.25, -0.2) is 17.5 Å². The van der Waals surface area contributed by atoms with Gasteiger partial charge >= 0.3 is 5.97 Å². The molecule has 0 atom stereocenters. The number of nitrogens with zero attached hydrogens (tertiary/aromatic N) is 1. The summed E-state index contributed by atoms with van der Waals surface area (Å²) >= 11 is 0. The maximum atomic E-state index is 12.9. The van der Waals surface area contributed by atoms with Crippen LogP contribution in [0.2, 0.25) is 0 Å². The van der Waals surface area contributed by atoms with E-state index in [1.54, 1.807) is 6.92 Å². The topological polar surface area (TPSA) is 102 Å². The summed E-state index contributed by atoms with van der Waals surface area (Å²) in [6.07, 6.45) is 3.60. The van der Waals surface area contributed by atoms with Gasteiger partial charge in [0.1, 0.15) is 16.2 Å². The Balaban J connectivity index is 2.39. The number of methoxy groups -OCH3 is 1. The van der Waals surface area contributed by atoms with Crippen LogP contribution in [-0.4, -0.2) is 58.0 Å². The van der Waals surface area contributed by atoms with Crippen molar-refractivity contribution < 1.29 is 27.5 Å². The van der Waals surface area contributed by atoms with Crippen molar-refractivity contribution in [2.75, 3.05) is 27.8 Å². The molecule has 1 N–H and O–H groups in total. The fourth-order valence-corrected chi connectivity index (χ4v) is 4.39. The van der Waals surface area contributed by atoms with Crippen molar-refractivity contribution in [3.8, 4) is 5.75 Å². The van der Waals surface area contributed by atoms with E-state index >= 15 is 0 Å². The fourth-order valence-electron chi connectivity index (χ4n) is 3.31. The first kappa shape index (κ1) is 22.2. The number of nitrogens with one attached hydrogen (secondary N) is 1. The molecular weight excluding hydrogens is 384 g/mol. The molecule has 8 nitrogen and oxygen atoms in total. The highest BCUT2D eigenvalue weighted by Gasteiger charge is 2.42. The molecule has 9 heteroatoms. The van der Waals surface area contributed by atoms with Gasteiger partial charge < -0.3 is 14.8 Å². The number of carbonyl (C=O) groups is 2. The predicted octanol–water partition coefficient (Wildman–Crippen LogP) is 1.94. The minimum atomic E-state index is -3.81. The maximum absolute atomic E-state index is 12.9. The molecule has 0 radical (unpaired) electrons. The van der Waals surface area contributed by atoms with Crippen molar-refractivity contribution in [1.29, 1.82) is 0 Å². The molecule has 1 amide bonds. The number of amides is 1. The first-order valence-electron chi connectivity index (χ1n) is 9.28. The lowest BCUT2D eigenvalue weighted by molar-refractivity contribution is -0.152. The van der Waals surface area contributed by atoms with Gasteiger partial charge in [-0.3, -0.25) is 4.79 Å². The normalized spacial score (nSPS) is 16.5. The van der Waals surface area contributed by atoms with Gasteiger partial charge in [-0.05, 0) is 38.0 Å². The standard InChI is InChI=1S/C19H28N2O6S/c1-5-27-18(23)19(11-7-6-8-12-19)20-17(22)14-9-10-15(26-4)16(13-14)28(24,25)21(2)3/h9-10,13H,5-8,11-12H2,1-4H3,(H,20,22). The average molecular weight is 413 g/mol. The molecule has 0 unspecified atom stereocenters. The van der Waals surface area contributed by atoms with Crippen molar-refractivity contribution in [1.82, 2.24) is 9.62 Å². The van der Waals surface area contributed by atoms with Gasteiger partial charge in [-0.2, -0.15) is 0 Å². The summed E-state index contributed by atoms with van der Waals surface area (Å²) in [5.41, 5.74) is -0.943. The summed E-state index contributed by atoms with van der Waals surface area (Å²) in [6.45, 7) is 1.95. The number of benzene rings is 1. The molecule has 2 rings (SSSR count). The Kier molecular flexibility index (Phi) is 7.06. The lowest BCUT2D eigenvalue weighted by atomic mass is 9.81. The van der Waals surface area contributed by atoms with Gasteiger partial charge in [0.2, 0.25) is 10.0 Å². The van der Waals surface area contributed by atoms with Crippen LogP contribution in [0.15, 0.2) is 23.1 Å². The Bertz CT molecular complexity index is 829. The third-order valence-corrected chi connectivity index (χ3v) is 6.75. The average Bonchev–Trinajstić information content (AvgIpc) is 2.68. The van der Waals surface area contributed by atoms with E-state index in [9.17, 15) is 18.0 Å². The molecule has 0 heterocycles. The molecule has 1 fully saturated rings. The molecule has 0 spiro atoms. The lowest BCUT2D eigenvalue weighted by Gasteiger charge is -2.35. The molecule has 156 valence electrons. The lowest BCUT2D eigenvalue weighted by Crippen LogP contribution is -2.56. The van der Waals surface area contributed by atoms with Crippen LogP contribution in [-0.2, 0) is 19.6 Å². The molecule has 0 aromatic heterocycles. The highest BCUT2D eigenvalue weighted by molar-refractivity contribution is 7.89. The number of esters is 1. The minimum Gasteiger partial charge on any atom is -0.495 e. The van der Waals surface area contributed by atoms with Crippen molar-refractivity contribution in [2.24, 2.45) is 0 Å².